The summed E-state index contributed by atoms with van der Waals surface area (Å²) in [6, 6.07) is 3.67. The fourth-order valence-corrected chi connectivity index (χ4v) is 3.59. The summed E-state index contributed by atoms with van der Waals surface area (Å²) in [6.07, 6.45) is 4.71. The van der Waals surface area contributed by atoms with E-state index >= 15 is 0 Å². The van der Waals surface area contributed by atoms with Crippen molar-refractivity contribution in [1.82, 2.24) is 5.32 Å². The molecule has 0 heterocycles. The molecule has 1 saturated carbocycles. The molecule has 1 aliphatic rings. The molecule has 2 rings (SSSR count). The van der Waals surface area contributed by atoms with E-state index in [0.29, 0.717) is 10.0 Å². The highest BCUT2D eigenvalue weighted by atomic mass is 79.9. The Balaban J connectivity index is 2.42. The Bertz CT molecular complexity index is 444. The van der Waals surface area contributed by atoms with Gasteiger partial charge in [0.15, 0.2) is 0 Å². The third-order valence-electron chi connectivity index (χ3n) is 4.11. The molecule has 18 heavy (non-hydrogen) atoms. The van der Waals surface area contributed by atoms with Crippen molar-refractivity contribution in [3.63, 3.8) is 0 Å². The van der Waals surface area contributed by atoms with E-state index in [9.17, 15) is 4.39 Å². The molecule has 1 aromatic carbocycles. The molecule has 1 N–H and O–H groups in total. The summed E-state index contributed by atoms with van der Waals surface area (Å²) in [5.74, 6) is -0.307. The summed E-state index contributed by atoms with van der Waals surface area (Å²) in [6.45, 7) is 2.23. The Morgan fingerprint density at radius 3 is 2.56 bits per heavy atom. The van der Waals surface area contributed by atoms with Crippen molar-refractivity contribution in [2.24, 2.45) is 5.41 Å². The quantitative estimate of drug-likeness (QED) is 0.760. The standard InChI is InChI=1S/C14H18BrClFN/c1-14(7-3-4-8-14)13(18-2)9-5-6-10(15)11(16)12(9)17/h5-6,13,18H,3-4,7-8H2,1-2H3. The van der Waals surface area contributed by atoms with E-state index in [1.165, 1.54) is 12.8 Å². The van der Waals surface area contributed by atoms with E-state index in [1.807, 2.05) is 19.2 Å². The van der Waals surface area contributed by atoms with Crippen molar-refractivity contribution in [3.8, 4) is 0 Å². The highest BCUT2D eigenvalue weighted by molar-refractivity contribution is 9.10. The minimum absolute atomic E-state index is 0.0191. The molecule has 0 saturated heterocycles. The third-order valence-corrected chi connectivity index (χ3v) is 5.37. The average Bonchev–Trinajstić information content (AvgIpc) is 2.78. The van der Waals surface area contributed by atoms with Crippen LogP contribution in [0.15, 0.2) is 16.6 Å². The second-order valence-corrected chi connectivity index (χ2v) is 6.58. The number of nitrogens with one attached hydrogen (secondary N) is 1. The zero-order chi connectivity index (χ0) is 13.3. The highest BCUT2D eigenvalue weighted by Gasteiger charge is 2.38. The van der Waals surface area contributed by atoms with Crippen LogP contribution in [0.25, 0.3) is 0 Å². The van der Waals surface area contributed by atoms with Gasteiger partial charge in [-0.1, -0.05) is 37.4 Å². The SMILES string of the molecule is CNC(c1ccc(Br)c(Cl)c1F)C1(C)CCCC1. The largest absolute Gasteiger partial charge is 0.312 e. The minimum atomic E-state index is -0.307. The highest BCUT2D eigenvalue weighted by Crippen LogP contribution is 2.48. The first-order valence-electron chi connectivity index (χ1n) is 6.30. The molecular formula is C14H18BrClFN. The van der Waals surface area contributed by atoms with Gasteiger partial charge >= 0.3 is 0 Å². The fraction of sp³-hybridized carbons (Fsp3) is 0.571. The second-order valence-electron chi connectivity index (χ2n) is 5.35. The maximum absolute atomic E-state index is 14.3. The Hall–Kier alpha value is -0.120. The lowest BCUT2D eigenvalue weighted by molar-refractivity contribution is 0.229. The molecular weight excluding hydrogens is 317 g/mol. The van der Waals surface area contributed by atoms with Gasteiger partial charge in [0.05, 0.1) is 5.02 Å². The molecule has 1 aliphatic carbocycles. The number of hydrogen-bond donors (Lipinski definition) is 1. The monoisotopic (exact) mass is 333 g/mol. The number of rotatable bonds is 3. The molecule has 0 spiro atoms. The first-order valence-corrected chi connectivity index (χ1v) is 7.47. The second kappa shape index (κ2) is 5.48. The smallest absolute Gasteiger partial charge is 0.147 e. The molecule has 0 aromatic heterocycles. The Morgan fingerprint density at radius 2 is 2.00 bits per heavy atom. The molecule has 1 nitrogen and oxygen atoms in total. The van der Waals surface area contributed by atoms with Crippen LogP contribution >= 0.6 is 27.5 Å². The minimum Gasteiger partial charge on any atom is -0.312 e. The summed E-state index contributed by atoms with van der Waals surface area (Å²) < 4.78 is 14.9. The van der Waals surface area contributed by atoms with Gasteiger partial charge in [-0.2, -0.15) is 0 Å². The van der Waals surface area contributed by atoms with Gasteiger partial charge in [-0.05, 0) is 47.3 Å². The summed E-state index contributed by atoms with van der Waals surface area (Å²) in [7, 11) is 1.89. The molecule has 0 bridgehead atoms. The fourth-order valence-electron chi connectivity index (χ4n) is 3.11. The summed E-state index contributed by atoms with van der Waals surface area (Å²) in [5, 5.41) is 3.45. The predicted octanol–water partition coefficient (Wildman–Crippen LogP) is 5.08. The van der Waals surface area contributed by atoms with E-state index in [1.54, 1.807) is 0 Å². The Kier molecular flexibility index (Phi) is 4.35. The molecule has 0 amide bonds. The van der Waals surface area contributed by atoms with Crippen LogP contribution in [0.2, 0.25) is 5.02 Å². The van der Waals surface area contributed by atoms with Crippen molar-refractivity contribution < 1.29 is 4.39 Å². The van der Waals surface area contributed by atoms with Gasteiger partial charge in [0.1, 0.15) is 5.82 Å². The van der Waals surface area contributed by atoms with E-state index in [2.05, 4.69) is 28.2 Å². The average molecular weight is 335 g/mol. The van der Waals surface area contributed by atoms with Gasteiger partial charge in [-0.25, -0.2) is 4.39 Å². The van der Waals surface area contributed by atoms with Crippen LogP contribution in [0.4, 0.5) is 4.39 Å². The van der Waals surface area contributed by atoms with Crippen molar-refractivity contribution in [2.45, 2.75) is 38.6 Å². The van der Waals surface area contributed by atoms with Crippen LogP contribution < -0.4 is 5.32 Å². The van der Waals surface area contributed by atoms with Gasteiger partial charge in [0.25, 0.3) is 0 Å². The van der Waals surface area contributed by atoms with Crippen molar-refractivity contribution >= 4 is 27.5 Å². The lowest BCUT2D eigenvalue weighted by atomic mass is 9.77. The van der Waals surface area contributed by atoms with Crippen LogP contribution in [0.1, 0.15) is 44.2 Å². The molecule has 4 heteroatoms. The number of benzene rings is 1. The maximum atomic E-state index is 14.3. The van der Waals surface area contributed by atoms with Crippen molar-refractivity contribution in [1.29, 1.82) is 0 Å². The first-order chi connectivity index (χ1) is 8.49. The van der Waals surface area contributed by atoms with Crippen molar-refractivity contribution in [2.75, 3.05) is 7.05 Å². The molecule has 100 valence electrons. The van der Waals surface area contributed by atoms with E-state index < -0.39 is 0 Å². The van der Waals surface area contributed by atoms with Gasteiger partial charge < -0.3 is 5.32 Å². The summed E-state index contributed by atoms with van der Waals surface area (Å²) in [5.41, 5.74) is 0.794. The predicted molar refractivity (Wildman–Crippen MR) is 77.5 cm³/mol. The van der Waals surface area contributed by atoms with Gasteiger partial charge in [0.2, 0.25) is 0 Å². The normalized spacial score (nSPS) is 20.1. The zero-order valence-corrected chi connectivity index (χ0v) is 13.0. The topological polar surface area (TPSA) is 12.0 Å². The van der Waals surface area contributed by atoms with E-state index in [4.69, 9.17) is 11.6 Å². The van der Waals surface area contributed by atoms with E-state index in [0.717, 1.165) is 12.8 Å². The van der Waals surface area contributed by atoms with Gasteiger partial charge in [-0.15, -0.1) is 0 Å². The molecule has 0 radical (unpaired) electrons. The molecule has 1 fully saturated rings. The van der Waals surface area contributed by atoms with Crippen LogP contribution in [0.3, 0.4) is 0 Å². The third kappa shape index (κ3) is 2.45. The maximum Gasteiger partial charge on any atom is 0.147 e. The first kappa shape index (κ1) is 14.3. The molecule has 1 atom stereocenters. The summed E-state index contributed by atoms with van der Waals surface area (Å²) in [4.78, 5) is 0. The molecule has 1 unspecified atom stereocenters. The summed E-state index contributed by atoms with van der Waals surface area (Å²) >= 11 is 9.24. The lowest BCUT2D eigenvalue weighted by Crippen LogP contribution is -2.33. The van der Waals surface area contributed by atoms with E-state index in [-0.39, 0.29) is 22.3 Å². The van der Waals surface area contributed by atoms with Gasteiger partial charge in [-0.3, -0.25) is 0 Å². The Labute approximate surface area is 121 Å². The van der Waals surface area contributed by atoms with Crippen LogP contribution in [0.5, 0.6) is 0 Å². The van der Waals surface area contributed by atoms with Gasteiger partial charge in [0, 0.05) is 16.1 Å². The van der Waals surface area contributed by atoms with Crippen LogP contribution in [-0.2, 0) is 0 Å². The molecule has 1 aromatic rings. The van der Waals surface area contributed by atoms with Crippen molar-refractivity contribution in [3.05, 3.63) is 33.0 Å². The molecule has 0 aliphatic heterocycles. The lowest BCUT2D eigenvalue weighted by Gasteiger charge is -2.34. The Morgan fingerprint density at radius 1 is 1.39 bits per heavy atom. The van der Waals surface area contributed by atoms with Crippen LogP contribution in [0, 0.1) is 11.2 Å². The number of hydrogen-bond acceptors (Lipinski definition) is 1. The zero-order valence-electron chi connectivity index (χ0n) is 10.7. The van der Waals surface area contributed by atoms with Crippen LogP contribution in [-0.4, -0.2) is 7.05 Å². The number of halogens is 3.